The maximum atomic E-state index is 13.0. The highest BCUT2D eigenvalue weighted by atomic mass is 32.1. The molecule has 0 atom stereocenters. The molecular formula is C22H19N3O4S. The van der Waals surface area contributed by atoms with Gasteiger partial charge < -0.3 is 10.6 Å². The molecule has 8 heteroatoms. The normalized spacial score (nSPS) is 12.3. The van der Waals surface area contributed by atoms with Gasteiger partial charge in [-0.05, 0) is 56.0 Å². The molecule has 2 N–H and O–H groups in total. The predicted molar refractivity (Wildman–Crippen MR) is 117 cm³/mol. The zero-order chi connectivity index (χ0) is 21.3. The molecule has 1 aliphatic carbocycles. The topological polar surface area (TPSA) is 101 Å². The Hall–Kier alpha value is -3.52. The van der Waals surface area contributed by atoms with Crippen molar-refractivity contribution < 1.29 is 14.5 Å². The van der Waals surface area contributed by atoms with Gasteiger partial charge in [0.1, 0.15) is 5.00 Å². The van der Waals surface area contributed by atoms with Crippen LogP contribution in [0.25, 0.3) is 0 Å². The van der Waals surface area contributed by atoms with Crippen LogP contribution < -0.4 is 10.6 Å². The molecule has 1 aliphatic rings. The number of hydrogen-bond donors (Lipinski definition) is 2. The predicted octanol–water partition coefficient (Wildman–Crippen LogP) is 4.96. The van der Waals surface area contributed by atoms with Gasteiger partial charge in [-0.2, -0.15) is 0 Å². The maximum Gasteiger partial charge on any atom is 0.269 e. The summed E-state index contributed by atoms with van der Waals surface area (Å²) in [5.74, 6) is -0.661. The van der Waals surface area contributed by atoms with Gasteiger partial charge in [-0.15, -0.1) is 11.3 Å². The van der Waals surface area contributed by atoms with Gasteiger partial charge in [-0.25, -0.2) is 0 Å². The van der Waals surface area contributed by atoms with Crippen LogP contribution in [-0.2, 0) is 12.8 Å². The molecule has 7 nitrogen and oxygen atoms in total. The van der Waals surface area contributed by atoms with E-state index in [1.165, 1.54) is 35.6 Å². The van der Waals surface area contributed by atoms with Crippen LogP contribution in [0.4, 0.5) is 16.4 Å². The largest absolute Gasteiger partial charge is 0.322 e. The molecule has 4 rings (SSSR count). The van der Waals surface area contributed by atoms with Crippen molar-refractivity contribution >= 4 is 39.5 Å². The molecule has 0 unspecified atom stereocenters. The molecule has 2 amide bonds. The van der Waals surface area contributed by atoms with E-state index < -0.39 is 10.8 Å². The third-order valence-corrected chi connectivity index (χ3v) is 6.23. The number of thiophene rings is 1. The Kier molecular flexibility index (Phi) is 5.33. The summed E-state index contributed by atoms with van der Waals surface area (Å²) in [6, 6.07) is 12.9. The first-order valence-electron chi connectivity index (χ1n) is 9.51. The number of carbonyl (C=O) groups is 2. The lowest BCUT2D eigenvalue weighted by molar-refractivity contribution is -0.384. The first-order chi connectivity index (χ1) is 14.4. The average Bonchev–Trinajstić information content (AvgIpc) is 3.30. The number of rotatable bonds is 5. The number of fused-ring (bicyclic) bond motifs is 1. The molecule has 0 fully saturated rings. The second-order valence-corrected chi connectivity index (χ2v) is 8.24. The summed E-state index contributed by atoms with van der Waals surface area (Å²) in [7, 11) is 0. The van der Waals surface area contributed by atoms with E-state index in [1.807, 2.05) is 31.2 Å². The number of aryl methyl sites for hydroxylation is 2. The average molecular weight is 421 g/mol. The molecule has 0 radical (unpaired) electrons. The summed E-state index contributed by atoms with van der Waals surface area (Å²) in [4.78, 5) is 37.1. The van der Waals surface area contributed by atoms with Gasteiger partial charge in [0.15, 0.2) is 0 Å². The maximum absolute atomic E-state index is 13.0. The number of benzene rings is 2. The summed E-state index contributed by atoms with van der Waals surface area (Å²) in [5.41, 5.74) is 3.49. The van der Waals surface area contributed by atoms with Crippen molar-refractivity contribution in [3.05, 3.63) is 85.8 Å². The van der Waals surface area contributed by atoms with Gasteiger partial charge in [0, 0.05) is 28.3 Å². The Morgan fingerprint density at radius 2 is 1.67 bits per heavy atom. The summed E-state index contributed by atoms with van der Waals surface area (Å²) >= 11 is 1.42. The van der Waals surface area contributed by atoms with E-state index in [-0.39, 0.29) is 11.6 Å². The van der Waals surface area contributed by atoms with Crippen LogP contribution in [0.5, 0.6) is 0 Å². The monoisotopic (exact) mass is 421 g/mol. The number of nitrogens with one attached hydrogen (secondary N) is 2. The lowest BCUT2D eigenvalue weighted by Gasteiger charge is -2.10. The second-order valence-electron chi connectivity index (χ2n) is 7.14. The fourth-order valence-electron chi connectivity index (χ4n) is 3.47. The fraction of sp³-hybridized carbons (Fsp3) is 0.182. The number of non-ortho nitro benzene ring substituents is 1. The lowest BCUT2D eigenvalue weighted by atomic mass is 10.1. The Bertz CT molecular complexity index is 1130. The minimum Gasteiger partial charge on any atom is -0.322 e. The third-order valence-electron chi connectivity index (χ3n) is 5.03. The number of anilines is 2. The van der Waals surface area contributed by atoms with Gasteiger partial charge in [-0.1, -0.05) is 17.7 Å². The van der Waals surface area contributed by atoms with Gasteiger partial charge in [0.2, 0.25) is 0 Å². The number of carbonyl (C=O) groups excluding carboxylic acids is 2. The highest BCUT2D eigenvalue weighted by molar-refractivity contribution is 7.17. The molecule has 0 aliphatic heterocycles. The van der Waals surface area contributed by atoms with Crippen molar-refractivity contribution in [1.82, 2.24) is 0 Å². The number of nitro benzene ring substituents is 1. The summed E-state index contributed by atoms with van der Waals surface area (Å²) in [6.45, 7) is 1.98. The van der Waals surface area contributed by atoms with E-state index >= 15 is 0 Å². The van der Waals surface area contributed by atoms with E-state index in [0.717, 1.165) is 35.3 Å². The first kappa shape index (κ1) is 19.8. The second kappa shape index (κ2) is 8.08. The van der Waals surface area contributed by atoms with Gasteiger partial charge in [0.25, 0.3) is 17.5 Å². The highest BCUT2D eigenvalue weighted by Gasteiger charge is 2.27. The van der Waals surface area contributed by atoms with Gasteiger partial charge in [0.05, 0.1) is 10.5 Å². The van der Waals surface area contributed by atoms with Gasteiger partial charge >= 0.3 is 0 Å². The molecule has 152 valence electrons. The SMILES string of the molecule is Cc1ccc(NC(=O)c2c(NC(=O)c3ccc([N+](=O)[O-])cc3)sc3c2CCC3)cc1. The highest BCUT2D eigenvalue weighted by Crippen LogP contribution is 2.39. The van der Waals surface area contributed by atoms with E-state index in [9.17, 15) is 19.7 Å². The van der Waals surface area contributed by atoms with Crippen molar-refractivity contribution in [3.63, 3.8) is 0 Å². The molecule has 1 heterocycles. The fourth-order valence-corrected chi connectivity index (χ4v) is 4.75. The van der Waals surface area contributed by atoms with Crippen LogP contribution in [0.3, 0.4) is 0 Å². The van der Waals surface area contributed by atoms with E-state index in [4.69, 9.17) is 0 Å². The molecule has 30 heavy (non-hydrogen) atoms. The van der Waals surface area contributed by atoms with Crippen LogP contribution in [0.2, 0.25) is 0 Å². The molecule has 0 spiro atoms. The van der Waals surface area contributed by atoms with Crippen LogP contribution in [0, 0.1) is 17.0 Å². The van der Waals surface area contributed by atoms with E-state index in [0.29, 0.717) is 21.8 Å². The Morgan fingerprint density at radius 1 is 0.967 bits per heavy atom. The number of hydrogen-bond acceptors (Lipinski definition) is 5. The quantitative estimate of drug-likeness (QED) is 0.449. The zero-order valence-corrected chi connectivity index (χ0v) is 17.0. The summed E-state index contributed by atoms with van der Waals surface area (Å²) in [6.07, 6.45) is 2.68. The molecular weight excluding hydrogens is 402 g/mol. The number of nitrogens with zero attached hydrogens (tertiary/aromatic N) is 1. The molecule has 0 saturated heterocycles. The van der Waals surface area contributed by atoms with Crippen molar-refractivity contribution in [1.29, 1.82) is 0 Å². The Balaban J connectivity index is 1.59. The van der Waals surface area contributed by atoms with Crippen LogP contribution in [-0.4, -0.2) is 16.7 Å². The van der Waals surface area contributed by atoms with Crippen molar-refractivity contribution in [2.75, 3.05) is 10.6 Å². The summed E-state index contributed by atoms with van der Waals surface area (Å²) in [5, 5.41) is 17.1. The van der Waals surface area contributed by atoms with E-state index in [2.05, 4.69) is 10.6 Å². The van der Waals surface area contributed by atoms with Crippen LogP contribution in [0.15, 0.2) is 48.5 Å². The van der Waals surface area contributed by atoms with Crippen molar-refractivity contribution in [3.8, 4) is 0 Å². The minimum atomic E-state index is -0.515. The first-order valence-corrected chi connectivity index (χ1v) is 10.3. The molecule has 2 aromatic carbocycles. The number of nitro groups is 1. The van der Waals surface area contributed by atoms with Crippen molar-refractivity contribution in [2.24, 2.45) is 0 Å². The van der Waals surface area contributed by atoms with Crippen molar-refractivity contribution in [2.45, 2.75) is 26.2 Å². The molecule has 0 saturated carbocycles. The van der Waals surface area contributed by atoms with Gasteiger partial charge in [-0.3, -0.25) is 19.7 Å². The molecule has 1 aromatic heterocycles. The molecule has 3 aromatic rings. The Labute approximate surface area is 176 Å². The van der Waals surface area contributed by atoms with Crippen LogP contribution >= 0.6 is 11.3 Å². The standard InChI is InChI=1S/C22H19N3O4S/c1-13-5-9-15(10-6-13)23-21(27)19-17-3-2-4-18(17)30-22(19)24-20(26)14-7-11-16(12-8-14)25(28)29/h5-12H,2-4H2,1H3,(H,23,27)(H,24,26). The number of amides is 2. The zero-order valence-electron chi connectivity index (χ0n) is 16.2. The van der Waals surface area contributed by atoms with E-state index in [1.54, 1.807) is 0 Å². The Morgan fingerprint density at radius 3 is 2.33 bits per heavy atom. The summed E-state index contributed by atoms with van der Waals surface area (Å²) < 4.78 is 0. The third kappa shape index (κ3) is 3.95. The lowest BCUT2D eigenvalue weighted by Crippen LogP contribution is -2.18. The van der Waals surface area contributed by atoms with Crippen LogP contribution in [0.1, 0.15) is 43.1 Å². The smallest absolute Gasteiger partial charge is 0.269 e. The molecule has 0 bridgehead atoms. The minimum absolute atomic E-state index is 0.0835.